The molecule has 3 rings (SSSR count). The molecule has 0 atom stereocenters. The predicted molar refractivity (Wildman–Crippen MR) is 93.0 cm³/mol. The monoisotopic (exact) mass is 325 g/mol. The molecule has 0 aliphatic rings. The van der Waals surface area contributed by atoms with Crippen LogP contribution in [0.2, 0.25) is 0 Å². The largest absolute Gasteiger partial charge is 0.355 e. The number of hydrogen-bond donors (Lipinski definition) is 1. The molecule has 118 valence electrons. The molecule has 5 heteroatoms. The maximum atomic E-state index is 11.9. The number of amides is 1. The van der Waals surface area contributed by atoms with Crippen LogP contribution in [0.1, 0.15) is 16.4 Å². The van der Waals surface area contributed by atoms with E-state index in [0.29, 0.717) is 13.0 Å². The van der Waals surface area contributed by atoms with Gasteiger partial charge in [0.25, 0.3) is 0 Å². The maximum absolute atomic E-state index is 11.9. The summed E-state index contributed by atoms with van der Waals surface area (Å²) in [5.74, 6) is 1.02. The van der Waals surface area contributed by atoms with Gasteiger partial charge in [0.05, 0.1) is 12.1 Å². The van der Waals surface area contributed by atoms with E-state index in [1.54, 1.807) is 11.3 Å². The number of para-hydroxylation sites is 1. The molecule has 0 aliphatic heterocycles. The fourth-order valence-electron chi connectivity index (χ4n) is 2.47. The Morgan fingerprint density at radius 1 is 1.22 bits per heavy atom. The second kappa shape index (κ2) is 7.24. The SMILES string of the molecule is Cc1nc(CCNC(=O)Cc2cccs2)cn1-c1ccccc1. The van der Waals surface area contributed by atoms with Gasteiger partial charge in [-0.05, 0) is 30.5 Å². The first-order chi connectivity index (χ1) is 11.2. The average molecular weight is 325 g/mol. The van der Waals surface area contributed by atoms with Gasteiger partial charge in [0.15, 0.2) is 0 Å². The molecular formula is C18H19N3OS. The first-order valence-electron chi connectivity index (χ1n) is 7.62. The lowest BCUT2D eigenvalue weighted by Crippen LogP contribution is -2.27. The van der Waals surface area contributed by atoms with Gasteiger partial charge in [0.2, 0.25) is 5.91 Å². The van der Waals surface area contributed by atoms with Crippen LogP contribution in [-0.4, -0.2) is 22.0 Å². The average Bonchev–Trinajstić information content (AvgIpc) is 3.18. The summed E-state index contributed by atoms with van der Waals surface area (Å²) in [5.41, 5.74) is 2.09. The molecule has 1 N–H and O–H groups in total. The summed E-state index contributed by atoms with van der Waals surface area (Å²) in [7, 11) is 0. The lowest BCUT2D eigenvalue weighted by atomic mass is 10.3. The van der Waals surface area contributed by atoms with E-state index in [1.165, 1.54) is 0 Å². The van der Waals surface area contributed by atoms with Crippen molar-refractivity contribution in [3.8, 4) is 5.69 Å². The number of carbonyl (C=O) groups excluding carboxylic acids is 1. The summed E-state index contributed by atoms with van der Waals surface area (Å²) in [6.07, 6.45) is 3.22. The molecule has 0 radical (unpaired) electrons. The third-order valence-electron chi connectivity index (χ3n) is 3.58. The first-order valence-corrected chi connectivity index (χ1v) is 8.50. The molecule has 0 saturated heterocycles. The Balaban J connectivity index is 1.54. The van der Waals surface area contributed by atoms with E-state index < -0.39 is 0 Å². The number of nitrogens with zero attached hydrogens (tertiary/aromatic N) is 2. The van der Waals surface area contributed by atoms with Crippen molar-refractivity contribution in [1.82, 2.24) is 14.9 Å². The molecule has 0 bridgehead atoms. The van der Waals surface area contributed by atoms with Crippen LogP contribution in [0.5, 0.6) is 0 Å². The summed E-state index contributed by atoms with van der Waals surface area (Å²) in [4.78, 5) is 17.5. The Morgan fingerprint density at radius 3 is 2.78 bits per heavy atom. The van der Waals surface area contributed by atoms with Crippen molar-refractivity contribution in [2.45, 2.75) is 19.8 Å². The van der Waals surface area contributed by atoms with Gasteiger partial charge >= 0.3 is 0 Å². The lowest BCUT2D eigenvalue weighted by molar-refractivity contribution is -0.120. The minimum atomic E-state index is 0.0617. The molecule has 4 nitrogen and oxygen atoms in total. The first kappa shape index (κ1) is 15.5. The van der Waals surface area contributed by atoms with E-state index in [1.807, 2.05) is 48.8 Å². The normalized spacial score (nSPS) is 10.7. The maximum Gasteiger partial charge on any atom is 0.225 e. The van der Waals surface area contributed by atoms with Gasteiger partial charge < -0.3 is 9.88 Å². The molecule has 3 aromatic rings. The second-order valence-corrected chi connectivity index (χ2v) is 6.37. The molecule has 1 aromatic carbocycles. The fourth-order valence-corrected chi connectivity index (χ4v) is 3.17. The zero-order valence-corrected chi connectivity index (χ0v) is 13.8. The highest BCUT2D eigenvalue weighted by Gasteiger charge is 2.07. The van der Waals surface area contributed by atoms with Crippen LogP contribution in [0.25, 0.3) is 5.69 Å². The number of carbonyl (C=O) groups is 1. The summed E-state index contributed by atoms with van der Waals surface area (Å²) < 4.78 is 2.07. The number of aromatic nitrogens is 2. The molecule has 1 amide bonds. The van der Waals surface area contributed by atoms with Crippen molar-refractivity contribution < 1.29 is 4.79 Å². The van der Waals surface area contributed by atoms with Gasteiger partial charge in [-0.1, -0.05) is 24.3 Å². The molecule has 0 saturated carbocycles. The Kier molecular flexibility index (Phi) is 4.88. The highest BCUT2D eigenvalue weighted by atomic mass is 32.1. The van der Waals surface area contributed by atoms with Gasteiger partial charge in [-0.15, -0.1) is 11.3 Å². The van der Waals surface area contributed by atoms with Crippen LogP contribution >= 0.6 is 11.3 Å². The molecule has 0 spiro atoms. The summed E-state index contributed by atoms with van der Waals surface area (Å²) in [6, 6.07) is 14.1. The van der Waals surface area contributed by atoms with Gasteiger partial charge in [-0.2, -0.15) is 0 Å². The van der Waals surface area contributed by atoms with E-state index in [-0.39, 0.29) is 5.91 Å². The molecule has 2 heterocycles. The summed E-state index contributed by atoms with van der Waals surface area (Å²) in [5, 5.41) is 4.94. The summed E-state index contributed by atoms with van der Waals surface area (Å²) >= 11 is 1.61. The van der Waals surface area contributed by atoms with Crippen molar-refractivity contribution in [2.75, 3.05) is 6.54 Å². The third kappa shape index (κ3) is 4.07. The van der Waals surface area contributed by atoms with E-state index in [2.05, 4.69) is 27.0 Å². The molecular weight excluding hydrogens is 306 g/mol. The predicted octanol–water partition coefficient (Wildman–Crippen LogP) is 3.14. The van der Waals surface area contributed by atoms with Crippen molar-refractivity contribution in [1.29, 1.82) is 0 Å². The Labute approximate surface area is 139 Å². The van der Waals surface area contributed by atoms with Crippen LogP contribution in [0.15, 0.2) is 54.0 Å². The van der Waals surface area contributed by atoms with Crippen molar-refractivity contribution >= 4 is 17.2 Å². The number of rotatable bonds is 6. The van der Waals surface area contributed by atoms with E-state index in [0.717, 1.165) is 28.5 Å². The zero-order valence-electron chi connectivity index (χ0n) is 13.0. The third-order valence-corrected chi connectivity index (χ3v) is 4.46. The highest BCUT2D eigenvalue weighted by Crippen LogP contribution is 2.12. The van der Waals surface area contributed by atoms with Crippen LogP contribution in [0.4, 0.5) is 0 Å². The Morgan fingerprint density at radius 2 is 2.04 bits per heavy atom. The molecule has 0 unspecified atom stereocenters. The lowest BCUT2D eigenvalue weighted by Gasteiger charge is -2.03. The topological polar surface area (TPSA) is 46.9 Å². The Hall–Kier alpha value is -2.40. The van der Waals surface area contributed by atoms with E-state index in [9.17, 15) is 4.79 Å². The zero-order chi connectivity index (χ0) is 16.1. The fraction of sp³-hybridized carbons (Fsp3) is 0.222. The molecule has 0 aliphatic carbocycles. The quantitative estimate of drug-likeness (QED) is 0.757. The molecule has 23 heavy (non-hydrogen) atoms. The van der Waals surface area contributed by atoms with Crippen molar-refractivity contribution in [3.05, 3.63) is 70.4 Å². The standard InChI is InChI=1S/C18H19N3OS/c1-14-20-15(13-21(14)16-6-3-2-4-7-16)9-10-19-18(22)12-17-8-5-11-23-17/h2-8,11,13H,9-10,12H2,1H3,(H,19,22). The van der Waals surface area contributed by atoms with Crippen LogP contribution in [-0.2, 0) is 17.6 Å². The number of aryl methyl sites for hydroxylation is 1. The van der Waals surface area contributed by atoms with Gasteiger partial charge in [0, 0.05) is 29.7 Å². The van der Waals surface area contributed by atoms with Crippen LogP contribution < -0.4 is 5.32 Å². The second-order valence-electron chi connectivity index (χ2n) is 5.34. The van der Waals surface area contributed by atoms with Gasteiger partial charge in [0.1, 0.15) is 5.82 Å². The minimum absolute atomic E-state index is 0.0617. The Bertz CT molecular complexity index is 763. The minimum Gasteiger partial charge on any atom is -0.355 e. The van der Waals surface area contributed by atoms with Crippen molar-refractivity contribution in [2.24, 2.45) is 0 Å². The van der Waals surface area contributed by atoms with Gasteiger partial charge in [-0.3, -0.25) is 4.79 Å². The van der Waals surface area contributed by atoms with Crippen molar-refractivity contribution in [3.63, 3.8) is 0 Å². The van der Waals surface area contributed by atoms with E-state index in [4.69, 9.17) is 0 Å². The number of nitrogens with one attached hydrogen (secondary N) is 1. The molecule has 0 fully saturated rings. The van der Waals surface area contributed by atoms with Crippen LogP contribution in [0.3, 0.4) is 0 Å². The molecule has 2 aromatic heterocycles. The number of benzene rings is 1. The smallest absolute Gasteiger partial charge is 0.225 e. The highest BCUT2D eigenvalue weighted by molar-refractivity contribution is 7.10. The number of hydrogen-bond acceptors (Lipinski definition) is 3. The number of thiophene rings is 1. The summed E-state index contributed by atoms with van der Waals surface area (Å²) in [6.45, 7) is 2.60. The number of imidazole rings is 1. The van der Waals surface area contributed by atoms with E-state index >= 15 is 0 Å². The van der Waals surface area contributed by atoms with Crippen LogP contribution in [0, 0.1) is 6.92 Å². The van der Waals surface area contributed by atoms with Gasteiger partial charge in [-0.25, -0.2) is 4.98 Å².